The summed E-state index contributed by atoms with van der Waals surface area (Å²) < 4.78 is 5.50. The van der Waals surface area contributed by atoms with Crippen LogP contribution in [0.3, 0.4) is 0 Å². The number of nitrogens with two attached hydrogens (primary N) is 1. The fourth-order valence-electron chi connectivity index (χ4n) is 4.10. The van der Waals surface area contributed by atoms with Crippen molar-refractivity contribution < 1.29 is 4.79 Å². The van der Waals surface area contributed by atoms with Crippen LogP contribution in [0.15, 0.2) is 47.8 Å². The number of hydrogen-bond donors (Lipinski definition) is 1. The zero-order chi connectivity index (χ0) is 21.3. The SMILES string of the molecule is C=CCn1c(C)c(C(N)=O)c(-c2c(C)n(C)n(-c3ccccc3)c2=O)c1CCC. The summed E-state index contributed by atoms with van der Waals surface area (Å²) in [4.78, 5) is 26.0. The Morgan fingerprint density at radius 2 is 1.79 bits per heavy atom. The molecule has 2 heterocycles. The Morgan fingerprint density at radius 1 is 1.14 bits per heavy atom. The van der Waals surface area contributed by atoms with E-state index in [-0.39, 0.29) is 5.56 Å². The number of hydrogen-bond acceptors (Lipinski definition) is 2. The highest BCUT2D eigenvalue weighted by Crippen LogP contribution is 2.34. The third kappa shape index (κ3) is 3.24. The van der Waals surface area contributed by atoms with Crippen molar-refractivity contribution in [3.63, 3.8) is 0 Å². The van der Waals surface area contributed by atoms with Crippen molar-refractivity contribution in [2.75, 3.05) is 0 Å². The number of allylic oxidation sites excluding steroid dienone is 1. The van der Waals surface area contributed by atoms with Crippen LogP contribution in [-0.2, 0) is 20.0 Å². The van der Waals surface area contributed by atoms with E-state index in [0.29, 0.717) is 23.2 Å². The molecule has 1 aromatic carbocycles. The summed E-state index contributed by atoms with van der Waals surface area (Å²) in [5.41, 5.74) is 10.5. The standard InChI is InChI=1S/C23H28N4O2/c1-6-11-18-21(19(22(24)28)16(4)26(18)14-7-2)20-15(3)25(5)27(23(20)29)17-12-9-8-10-13-17/h7-10,12-13H,2,6,11,14H2,1,3-5H3,(H2,24,28). The summed E-state index contributed by atoms with van der Waals surface area (Å²) in [5, 5.41) is 0. The van der Waals surface area contributed by atoms with Gasteiger partial charge in [0.25, 0.3) is 11.5 Å². The molecule has 3 rings (SSSR count). The Morgan fingerprint density at radius 3 is 2.34 bits per heavy atom. The monoisotopic (exact) mass is 392 g/mol. The zero-order valence-electron chi connectivity index (χ0n) is 17.5. The molecule has 2 N–H and O–H groups in total. The van der Waals surface area contributed by atoms with Gasteiger partial charge in [-0.25, -0.2) is 4.68 Å². The maximum atomic E-state index is 13.6. The molecule has 0 saturated heterocycles. The maximum absolute atomic E-state index is 13.6. The second-order valence-corrected chi connectivity index (χ2v) is 7.23. The first kappa shape index (κ1) is 20.5. The topological polar surface area (TPSA) is 74.9 Å². The fourth-order valence-corrected chi connectivity index (χ4v) is 4.10. The largest absolute Gasteiger partial charge is 0.366 e. The molecule has 0 aliphatic carbocycles. The van der Waals surface area contributed by atoms with E-state index in [0.717, 1.165) is 35.6 Å². The molecule has 0 fully saturated rings. The number of carbonyl (C=O) groups is 1. The van der Waals surface area contributed by atoms with Gasteiger partial charge in [0.1, 0.15) is 0 Å². The number of carbonyl (C=O) groups excluding carboxylic acids is 1. The van der Waals surface area contributed by atoms with Crippen LogP contribution < -0.4 is 11.3 Å². The minimum atomic E-state index is -0.522. The highest BCUT2D eigenvalue weighted by Gasteiger charge is 2.29. The third-order valence-electron chi connectivity index (χ3n) is 5.48. The molecule has 0 bridgehead atoms. The summed E-state index contributed by atoms with van der Waals surface area (Å²) in [6.45, 7) is 10.2. The smallest absolute Gasteiger partial charge is 0.279 e. The molecule has 3 aromatic rings. The van der Waals surface area contributed by atoms with Crippen molar-refractivity contribution in [2.24, 2.45) is 12.8 Å². The molecule has 0 saturated carbocycles. The predicted molar refractivity (Wildman–Crippen MR) is 117 cm³/mol. The second-order valence-electron chi connectivity index (χ2n) is 7.23. The molecule has 0 radical (unpaired) electrons. The molecule has 0 atom stereocenters. The Bertz CT molecular complexity index is 1130. The predicted octanol–water partition coefficient (Wildman–Crippen LogP) is 3.50. The van der Waals surface area contributed by atoms with Crippen molar-refractivity contribution >= 4 is 5.91 Å². The molecule has 6 nitrogen and oxygen atoms in total. The van der Waals surface area contributed by atoms with E-state index in [9.17, 15) is 9.59 Å². The number of nitrogens with zero attached hydrogens (tertiary/aromatic N) is 3. The molecule has 0 aliphatic rings. The Labute approximate surface area is 170 Å². The van der Waals surface area contributed by atoms with Gasteiger partial charge in [-0.05, 0) is 32.4 Å². The highest BCUT2D eigenvalue weighted by molar-refractivity contribution is 6.02. The molecule has 2 aromatic heterocycles. The lowest BCUT2D eigenvalue weighted by atomic mass is 9.98. The number of benzene rings is 1. The Hall–Kier alpha value is -3.28. The van der Waals surface area contributed by atoms with Gasteiger partial charge in [0, 0.05) is 36.2 Å². The lowest BCUT2D eigenvalue weighted by Gasteiger charge is -2.10. The van der Waals surface area contributed by atoms with Crippen molar-refractivity contribution in [1.29, 1.82) is 0 Å². The molecule has 0 spiro atoms. The normalized spacial score (nSPS) is 11.0. The fraction of sp³-hybridized carbons (Fsp3) is 0.304. The minimum Gasteiger partial charge on any atom is -0.366 e. The van der Waals surface area contributed by atoms with Gasteiger partial charge < -0.3 is 10.3 Å². The van der Waals surface area contributed by atoms with Crippen molar-refractivity contribution in [3.8, 4) is 16.8 Å². The summed E-state index contributed by atoms with van der Waals surface area (Å²) in [6, 6.07) is 9.48. The van der Waals surface area contributed by atoms with Crippen LogP contribution in [-0.4, -0.2) is 19.8 Å². The van der Waals surface area contributed by atoms with Gasteiger partial charge in [0.2, 0.25) is 0 Å². The molecular formula is C23H28N4O2. The number of amides is 1. The number of para-hydroxylation sites is 1. The van der Waals surface area contributed by atoms with E-state index in [1.54, 1.807) is 10.8 Å². The van der Waals surface area contributed by atoms with Crippen LogP contribution in [0, 0.1) is 13.8 Å². The number of rotatable bonds is 7. The first-order valence-corrected chi connectivity index (χ1v) is 9.82. The first-order valence-electron chi connectivity index (χ1n) is 9.82. The maximum Gasteiger partial charge on any atom is 0.279 e. The van der Waals surface area contributed by atoms with Crippen LogP contribution >= 0.6 is 0 Å². The third-order valence-corrected chi connectivity index (χ3v) is 5.48. The summed E-state index contributed by atoms with van der Waals surface area (Å²) in [6.07, 6.45) is 3.40. The van der Waals surface area contributed by atoms with Crippen molar-refractivity contribution in [1.82, 2.24) is 13.9 Å². The van der Waals surface area contributed by atoms with E-state index in [1.807, 2.05) is 60.5 Å². The van der Waals surface area contributed by atoms with Crippen LogP contribution in [0.2, 0.25) is 0 Å². The van der Waals surface area contributed by atoms with Crippen LogP contribution in [0.25, 0.3) is 16.8 Å². The van der Waals surface area contributed by atoms with Gasteiger partial charge in [-0.2, -0.15) is 0 Å². The van der Waals surface area contributed by atoms with E-state index in [1.165, 1.54) is 0 Å². The van der Waals surface area contributed by atoms with Crippen molar-refractivity contribution in [3.05, 3.63) is 76.0 Å². The van der Waals surface area contributed by atoms with Gasteiger partial charge in [-0.15, -0.1) is 6.58 Å². The molecule has 29 heavy (non-hydrogen) atoms. The first-order chi connectivity index (χ1) is 13.8. The molecular weight excluding hydrogens is 364 g/mol. The zero-order valence-corrected chi connectivity index (χ0v) is 17.5. The number of aromatic nitrogens is 3. The summed E-state index contributed by atoms with van der Waals surface area (Å²) in [7, 11) is 1.85. The van der Waals surface area contributed by atoms with Gasteiger partial charge >= 0.3 is 0 Å². The highest BCUT2D eigenvalue weighted by atomic mass is 16.1. The molecule has 152 valence electrons. The van der Waals surface area contributed by atoms with E-state index < -0.39 is 5.91 Å². The second kappa shape index (κ2) is 7.99. The average molecular weight is 393 g/mol. The van der Waals surface area contributed by atoms with Gasteiger partial charge in [-0.3, -0.25) is 14.3 Å². The van der Waals surface area contributed by atoms with Crippen molar-refractivity contribution in [2.45, 2.75) is 40.2 Å². The molecule has 6 heteroatoms. The summed E-state index contributed by atoms with van der Waals surface area (Å²) in [5.74, 6) is -0.522. The lowest BCUT2D eigenvalue weighted by molar-refractivity contribution is 0.1000. The summed E-state index contributed by atoms with van der Waals surface area (Å²) >= 11 is 0. The average Bonchev–Trinajstić information content (AvgIpc) is 3.07. The lowest BCUT2D eigenvalue weighted by Crippen LogP contribution is -2.21. The molecule has 0 aliphatic heterocycles. The van der Waals surface area contributed by atoms with E-state index >= 15 is 0 Å². The van der Waals surface area contributed by atoms with E-state index in [4.69, 9.17) is 5.73 Å². The quantitative estimate of drug-likeness (QED) is 0.625. The Balaban J connectivity index is 2.43. The van der Waals surface area contributed by atoms with Gasteiger partial charge in [-0.1, -0.05) is 37.6 Å². The molecule has 0 unspecified atom stereocenters. The van der Waals surface area contributed by atoms with Gasteiger partial charge in [0.05, 0.1) is 16.8 Å². The van der Waals surface area contributed by atoms with Gasteiger partial charge in [0.15, 0.2) is 0 Å². The van der Waals surface area contributed by atoms with Crippen LogP contribution in [0.5, 0.6) is 0 Å². The Kier molecular flexibility index (Phi) is 5.64. The van der Waals surface area contributed by atoms with Crippen LogP contribution in [0.4, 0.5) is 0 Å². The minimum absolute atomic E-state index is 0.160. The molecule has 1 amide bonds. The van der Waals surface area contributed by atoms with E-state index in [2.05, 4.69) is 13.5 Å². The number of primary amides is 1. The van der Waals surface area contributed by atoms with Crippen LogP contribution in [0.1, 0.15) is 40.8 Å².